The Morgan fingerprint density at radius 1 is 1.16 bits per heavy atom. The zero-order valence-electron chi connectivity index (χ0n) is 13.7. The number of benzene rings is 2. The third-order valence-electron chi connectivity index (χ3n) is 5.05. The molecule has 1 fully saturated rings. The molecule has 3 aromatic rings. The summed E-state index contributed by atoms with van der Waals surface area (Å²) < 4.78 is 7.10. The second-order valence-corrected chi connectivity index (χ2v) is 7.69. The number of likely N-dealkylation sites (tertiary alicyclic amines) is 1. The summed E-state index contributed by atoms with van der Waals surface area (Å²) in [6.07, 6.45) is 2.27. The molecule has 5 heteroatoms. The van der Waals surface area contributed by atoms with Crippen LogP contribution < -0.4 is 4.74 Å². The highest BCUT2D eigenvalue weighted by molar-refractivity contribution is 7.18. The Hall–Kier alpha value is -2.40. The molecule has 0 bridgehead atoms. The van der Waals surface area contributed by atoms with Crippen LogP contribution in [0.5, 0.6) is 5.75 Å². The molecule has 0 aliphatic carbocycles. The Balaban J connectivity index is 1.40. The predicted molar refractivity (Wildman–Crippen MR) is 97.9 cm³/mol. The summed E-state index contributed by atoms with van der Waals surface area (Å²) >= 11 is 1.70. The van der Waals surface area contributed by atoms with Crippen molar-refractivity contribution >= 4 is 27.5 Å². The predicted octanol–water partition coefficient (Wildman–Crippen LogP) is 3.96. The van der Waals surface area contributed by atoms with Crippen molar-refractivity contribution < 1.29 is 9.53 Å². The van der Waals surface area contributed by atoms with Crippen molar-refractivity contribution in [2.75, 3.05) is 6.54 Å². The van der Waals surface area contributed by atoms with Crippen molar-refractivity contribution in [1.29, 1.82) is 0 Å². The van der Waals surface area contributed by atoms with Crippen LogP contribution in [0.25, 0.3) is 10.2 Å². The number of para-hydroxylation sites is 2. The van der Waals surface area contributed by atoms with Gasteiger partial charge in [0.15, 0.2) is 6.10 Å². The molecule has 0 spiro atoms. The van der Waals surface area contributed by atoms with Crippen LogP contribution in [0, 0.1) is 0 Å². The third kappa shape index (κ3) is 2.50. The molecular weight excluding hydrogens is 332 g/mol. The molecule has 0 N–H and O–H groups in total. The molecule has 126 valence electrons. The van der Waals surface area contributed by atoms with E-state index in [0.29, 0.717) is 6.42 Å². The van der Waals surface area contributed by atoms with Gasteiger partial charge in [-0.05, 0) is 36.6 Å². The lowest BCUT2D eigenvalue weighted by molar-refractivity contribution is -0.138. The first kappa shape index (κ1) is 14.9. The first-order chi connectivity index (χ1) is 12.3. The zero-order chi connectivity index (χ0) is 16.8. The number of carbonyl (C=O) groups is 1. The van der Waals surface area contributed by atoms with E-state index in [2.05, 4.69) is 6.07 Å². The van der Waals surface area contributed by atoms with Crippen LogP contribution in [-0.2, 0) is 11.2 Å². The number of carbonyl (C=O) groups excluding carboxylic acids is 1. The number of nitrogens with zero attached hydrogens (tertiary/aromatic N) is 2. The molecule has 2 aliphatic heterocycles. The number of ether oxygens (including phenoxy) is 1. The molecule has 0 unspecified atom stereocenters. The molecule has 3 heterocycles. The lowest BCUT2D eigenvalue weighted by atomic mass is 10.1. The van der Waals surface area contributed by atoms with Gasteiger partial charge in [0.05, 0.1) is 16.3 Å². The summed E-state index contributed by atoms with van der Waals surface area (Å²) in [6.45, 7) is 0.787. The average molecular weight is 350 g/mol. The maximum atomic E-state index is 13.1. The van der Waals surface area contributed by atoms with Crippen molar-refractivity contribution in [3.63, 3.8) is 0 Å². The Kier molecular flexibility index (Phi) is 3.48. The standard InChI is InChI=1S/C20H18N2O2S/c23-20(17-12-13-6-1-3-9-16(13)24-17)22-11-5-8-15(22)19-21-14-7-2-4-10-18(14)25-19/h1-4,6-7,9-10,15,17H,5,8,11-12H2/t15-,17+/m1/s1. The van der Waals surface area contributed by atoms with Gasteiger partial charge in [0.1, 0.15) is 10.8 Å². The van der Waals surface area contributed by atoms with Crippen molar-refractivity contribution in [1.82, 2.24) is 9.88 Å². The van der Waals surface area contributed by atoms with E-state index < -0.39 is 6.10 Å². The van der Waals surface area contributed by atoms with Crippen LogP contribution in [0.15, 0.2) is 48.5 Å². The maximum Gasteiger partial charge on any atom is 0.264 e. The molecule has 2 aromatic carbocycles. The van der Waals surface area contributed by atoms with Gasteiger partial charge in [0.25, 0.3) is 5.91 Å². The molecule has 2 aliphatic rings. The summed E-state index contributed by atoms with van der Waals surface area (Å²) in [5, 5.41) is 1.04. The van der Waals surface area contributed by atoms with Gasteiger partial charge in [-0.15, -0.1) is 11.3 Å². The van der Waals surface area contributed by atoms with Crippen LogP contribution in [0.3, 0.4) is 0 Å². The second kappa shape index (κ2) is 5.85. The average Bonchev–Trinajstić information content (AvgIpc) is 3.36. The van der Waals surface area contributed by atoms with Gasteiger partial charge >= 0.3 is 0 Å². The van der Waals surface area contributed by atoms with Crippen molar-refractivity contribution in [3.05, 3.63) is 59.1 Å². The molecule has 1 amide bonds. The Morgan fingerprint density at radius 2 is 2.00 bits per heavy atom. The minimum atomic E-state index is -0.396. The van der Waals surface area contributed by atoms with E-state index in [1.165, 1.54) is 4.70 Å². The minimum absolute atomic E-state index is 0.0808. The number of hydrogen-bond acceptors (Lipinski definition) is 4. The number of fused-ring (bicyclic) bond motifs is 2. The van der Waals surface area contributed by atoms with E-state index in [9.17, 15) is 4.79 Å². The Morgan fingerprint density at radius 3 is 2.88 bits per heavy atom. The highest BCUT2D eigenvalue weighted by atomic mass is 32.1. The lowest BCUT2D eigenvalue weighted by Crippen LogP contribution is -2.40. The maximum absolute atomic E-state index is 13.1. The topological polar surface area (TPSA) is 42.4 Å². The molecule has 25 heavy (non-hydrogen) atoms. The van der Waals surface area contributed by atoms with E-state index in [4.69, 9.17) is 9.72 Å². The first-order valence-electron chi connectivity index (χ1n) is 8.70. The van der Waals surface area contributed by atoms with Crippen LogP contribution in [0.2, 0.25) is 0 Å². The fourth-order valence-electron chi connectivity index (χ4n) is 3.82. The summed E-state index contributed by atoms with van der Waals surface area (Å²) in [5.74, 6) is 0.939. The quantitative estimate of drug-likeness (QED) is 0.702. The van der Waals surface area contributed by atoms with E-state index in [1.54, 1.807) is 11.3 Å². The summed E-state index contributed by atoms with van der Waals surface area (Å²) in [5.41, 5.74) is 2.14. The SMILES string of the molecule is O=C([C@@H]1Cc2ccccc2O1)N1CCC[C@@H]1c1nc2ccccc2s1. The second-order valence-electron chi connectivity index (χ2n) is 6.63. The van der Waals surface area contributed by atoms with Gasteiger partial charge in [-0.25, -0.2) is 4.98 Å². The molecule has 0 radical (unpaired) electrons. The highest BCUT2D eigenvalue weighted by Crippen LogP contribution is 2.38. The van der Waals surface area contributed by atoms with Gasteiger partial charge in [-0.2, -0.15) is 0 Å². The number of thiazole rings is 1. The van der Waals surface area contributed by atoms with Crippen molar-refractivity contribution in [2.45, 2.75) is 31.4 Å². The molecule has 4 nitrogen and oxygen atoms in total. The van der Waals surface area contributed by atoms with Crippen LogP contribution in [-0.4, -0.2) is 28.4 Å². The number of rotatable bonds is 2. The van der Waals surface area contributed by atoms with E-state index in [-0.39, 0.29) is 11.9 Å². The molecule has 5 rings (SSSR count). The first-order valence-corrected chi connectivity index (χ1v) is 9.52. The van der Waals surface area contributed by atoms with Gasteiger partial charge in [-0.3, -0.25) is 4.79 Å². The number of amides is 1. The summed E-state index contributed by atoms with van der Waals surface area (Å²) in [6, 6.07) is 16.2. The monoisotopic (exact) mass is 350 g/mol. The smallest absolute Gasteiger partial charge is 0.264 e. The Bertz CT molecular complexity index is 894. The largest absolute Gasteiger partial charge is 0.480 e. The molecule has 2 atom stereocenters. The van der Waals surface area contributed by atoms with Gasteiger partial charge < -0.3 is 9.64 Å². The minimum Gasteiger partial charge on any atom is -0.480 e. The number of hydrogen-bond donors (Lipinski definition) is 0. The third-order valence-corrected chi connectivity index (χ3v) is 6.19. The van der Waals surface area contributed by atoms with Crippen LogP contribution in [0.4, 0.5) is 0 Å². The molecule has 1 saturated heterocycles. The summed E-state index contributed by atoms with van der Waals surface area (Å²) in [7, 11) is 0. The van der Waals surface area contributed by atoms with E-state index in [1.807, 2.05) is 47.4 Å². The van der Waals surface area contributed by atoms with E-state index in [0.717, 1.165) is 41.2 Å². The van der Waals surface area contributed by atoms with Crippen molar-refractivity contribution in [3.8, 4) is 5.75 Å². The lowest BCUT2D eigenvalue weighted by Gasteiger charge is -2.25. The van der Waals surface area contributed by atoms with E-state index >= 15 is 0 Å². The molecular formula is C20H18N2O2S. The van der Waals surface area contributed by atoms with Crippen LogP contribution >= 0.6 is 11.3 Å². The Labute approximate surface area is 150 Å². The molecule has 1 aromatic heterocycles. The van der Waals surface area contributed by atoms with Gasteiger partial charge in [0.2, 0.25) is 0 Å². The fourth-order valence-corrected chi connectivity index (χ4v) is 4.94. The van der Waals surface area contributed by atoms with Crippen molar-refractivity contribution in [2.24, 2.45) is 0 Å². The zero-order valence-corrected chi connectivity index (χ0v) is 14.5. The normalized spacial score (nSPS) is 22.2. The highest BCUT2D eigenvalue weighted by Gasteiger charge is 2.38. The van der Waals surface area contributed by atoms with Crippen LogP contribution in [0.1, 0.15) is 29.5 Å². The van der Waals surface area contributed by atoms with Gasteiger partial charge in [-0.1, -0.05) is 30.3 Å². The number of aromatic nitrogens is 1. The fraction of sp³-hybridized carbons (Fsp3) is 0.300. The van der Waals surface area contributed by atoms with Gasteiger partial charge in [0, 0.05) is 13.0 Å². The summed E-state index contributed by atoms with van der Waals surface area (Å²) in [4.78, 5) is 19.9. The molecule has 0 saturated carbocycles.